The number of rotatable bonds is 3. The van der Waals surface area contributed by atoms with Gasteiger partial charge in [-0.1, -0.05) is 27.5 Å². The van der Waals surface area contributed by atoms with E-state index in [1.807, 2.05) is 19.2 Å². The topological polar surface area (TPSA) is 38.0 Å². The number of aliphatic hydroxyl groups is 1. The molecule has 1 unspecified atom stereocenters. The van der Waals surface area contributed by atoms with E-state index in [0.717, 1.165) is 22.1 Å². The number of benzene rings is 1. The van der Waals surface area contributed by atoms with Gasteiger partial charge >= 0.3 is 0 Å². The summed E-state index contributed by atoms with van der Waals surface area (Å²) in [6.07, 6.45) is 2.80. The molecule has 5 heteroatoms. The number of hydrogen-bond acceptors (Lipinski definition) is 2. The summed E-state index contributed by atoms with van der Waals surface area (Å²) in [5.74, 6) is 0. The molecule has 90 valence electrons. The Labute approximate surface area is 113 Å². The Morgan fingerprint density at radius 2 is 2.18 bits per heavy atom. The maximum absolute atomic E-state index is 10.2. The molecule has 0 saturated carbocycles. The minimum atomic E-state index is -0.703. The van der Waals surface area contributed by atoms with E-state index in [1.54, 1.807) is 23.0 Å². The number of aromatic nitrogens is 2. The van der Waals surface area contributed by atoms with Crippen LogP contribution in [-0.4, -0.2) is 14.9 Å². The number of nitrogens with zero attached hydrogens (tertiary/aromatic N) is 2. The van der Waals surface area contributed by atoms with Gasteiger partial charge in [-0.15, -0.1) is 0 Å². The molecule has 0 aliphatic carbocycles. The number of aliphatic hydroxyl groups excluding tert-OH is 1. The van der Waals surface area contributed by atoms with Crippen LogP contribution in [-0.2, 0) is 6.54 Å². The van der Waals surface area contributed by atoms with Crippen LogP contribution in [0.1, 0.15) is 24.2 Å². The maximum atomic E-state index is 10.2. The Balaban J connectivity index is 2.32. The second kappa shape index (κ2) is 5.21. The minimum Gasteiger partial charge on any atom is -0.384 e. The Morgan fingerprint density at radius 1 is 1.41 bits per heavy atom. The zero-order valence-corrected chi connectivity index (χ0v) is 11.6. The van der Waals surface area contributed by atoms with Gasteiger partial charge in [-0.3, -0.25) is 4.68 Å². The molecule has 1 aromatic carbocycles. The Hall–Kier alpha value is -0.840. The van der Waals surface area contributed by atoms with Crippen molar-refractivity contribution in [3.8, 4) is 0 Å². The molecule has 1 heterocycles. The molecule has 0 aliphatic heterocycles. The summed E-state index contributed by atoms with van der Waals surface area (Å²) in [4.78, 5) is 0. The molecule has 0 bridgehead atoms. The predicted molar refractivity (Wildman–Crippen MR) is 71.1 cm³/mol. The van der Waals surface area contributed by atoms with Crippen molar-refractivity contribution in [2.75, 3.05) is 0 Å². The van der Waals surface area contributed by atoms with Crippen LogP contribution in [0.15, 0.2) is 35.1 Å². The van der Waals surface area contributed by atoms with Crippen molar-refractivity contribution in [2.45, 2.75) is 19.6 Å². The normalized spacial score (nSPS) is 12.7. The van der Waals surface area contributed by atoms with Crippen LogP contribution < -0.4 is 0 Å². The van der Waals surface area contributed by atoms with Crippen molar-refractivity contribution in [1.29, 1.82) is 0 Å². The van der Waals surface area contributed by atoms with Crippen LogP contribution in [0.5, 0.6) is 0 Å². The molecule has 2 aromatic rings. The number of aryl methyl sites for hydroxylation is 1. The first-order valence-electron chi connectivity index (χ1n) is 5.26. The van der Waals surface area contributed by atoms with Crippen molar-refractivity contribution in [2.24, 2.45) is 0 Å². The first-order chi connectivity index (χ1) is 8.10. The van der Waals surface area contributed by atoms with Crippen molar-refractivity contribution in [3.05, 3.63) is 51.2 Å². The summed E-state index contributed by atoms with van der Waals surface area (Å²) in [5.41, 5.74) is 1.51. The zero-order chi connectivity index (χ0) is 12.4. The van der Waals surface area contributed by atoms with Crippen LogP contribution >= 0.6 is 27.5 Å². The van der Waals surface area contributed by atoms with E-state index in [9.17, 15) is 5.11 Å². The van der Waals surface area contributed by atoms with E-state index in [0.29, 0.717) is 5.02 Å². The van der Waals surface area contributed by atoms with Crippen LogP contribution in [0.4, 0.5) is 0 Å². The van der Waals surface area contributed by atoms with Crippen LogP contribution in [0.25, 0.3) is 0 Å². The molecule has 1 N–H and O–H groups in total. The van der Waals surface area contributed by atoms with Gasteiger partial charge in [-0.25, -0.2) is 0 Å². The third-order valence-electron chi connectivity index (χ3n) is 2.49. The quantitative estimate of drug-likeness (QED) is 0.942. The molecule has 0 saturated heterocycles. The molecule has 0 aliphatic rings. The second-order valence-electron chi connectivity index (χ2n) is 3.73. The highest BCUT2D eigenvalue weighted by molar-refractivity contribution is 9.10. The summed E-state index contributed by atoms with van der Waals surface area (Å²) < 4.78 is 2.62. The summed E-state index contributed by atoms with van der Waals surface area (Å²) in [5, 5.41) is 14.9. The number of hydrogen-bond donors (Lipinski definition) is 1. The molecule has 2 rings (SSSR count). The third kappa shape index (κ3) is 2.89. The maximum Gasteiger partial charge on any atom is 0.107 e. The summed E-state index contributed by atoms with van der Waals surface area (Å²) in [7, 11) is 0. The predicted octanol–water partition coefficient (Wildman–Crippen LogP) is 3.40. The Morgan fingerprint density at radius 3 is 2.76 bits per heavy atom. The van der Waals surface area contributed by atoms with E-state index in [2.05, 4.69) is 21.0 Å². The van der Waals surface area contributed by atoms with Gasteiger partial charge < -0.3 is 5.11 Å². The SMILES string of the molecule is CCn1cc(C(O)c2cc(Cl)cc(Br)c2)cn1. The molecule has 0 fully saturated rings. The lowest BCUT2D eigenvalue weighted by Gasteiger charge is -2.09. The minimum absolute atomic E-state index is 0.594. The number of halogens is 2. The highest BCUT2D eigenvalue weighted by atomic mass is 79.9. The first kappa shape index (κ1) is 12.6. The first-order valence-corrected chi connectivity index (χ1v) is 6.43. The van der Waals surface area contributed by atoms with Crippen LogP contribution in [0.3, 0.4) is 0 Å². The fraction of sp³-hybridized carbons (Fsp3) is 0.250. The lowest BCUT2D eigenvalue weighted by Crippen LogP contribution is -1.99. The van der Waals surface area contributed by atoms with E-state index in [4.69, 9.17) is 11.6 Å². The Kier molecular flexibility index (Phi) is 3.86. The van der Waals surface area contributed by atoms with E-state index < -0.39 is 6.10 Å². The van der Waals surface area contributed by atoms with Gasteiger partial charge in [0.2, 0.25) is 0 Å². The standard InChI is InChI=1S/C12H12BrClN2O/c1-2-16-7-9(6-15-16)12(17)8-3-10(13)5-11(14)4-8/h3-7,12,17H,2H2,1H3. The molecular weight excluding hydrogens is 304 g/mol. The van der Waals surface area contributed by atoms with Gasteiger partial charge in [-0.2, -0.15) is 5.10 Å². The zero-order valence-electron chi connectivity index (χ0n) is 9.27. The summed E-state index contributed by atoms with van der Waals surface area (Å²) in [6.45, 7) is 2.78. The van der Waals surface area contributed by atoms with Gasteiger partial charge in [-0.05, 0) is 30.7 Å². The molecular formula is C12H12BrClN2O. The average Bonchev–Trinajstić information content (AvgIpc) is 2.75. The highest BCUT2D eigenvalue weighted by Crippen LogP contribution is 2.27. The highest BCUT2D eigenvalue weighted by Gasteiger charge is 2.13. The molecule has 3 nitrogen and oxygen atoms in total. The fourth-order valence-corrected chi connectivity index (χ4v) is 2.51. The van der Waals surface area contributed by atoms with E-state index in [-0.39, 0.29) is 0 Å². The largest absolute Gasteiger partial charge is 0.384 e. The van der Waals surface area contributed by atoms with Gasteiger partial charge in [0.15, 0.2) is 0 Å². The van der Waals surface area contributed by atoms with Crippen molar-refractivity contribution >= 4 is 27.5 Å². The average molecular weight is 316 g/mol. The monoisotopic (exact) mass is 314 g/mol. The molecule has 1 aromatic heterocycles. The molecule has 0 amide bonds. The smallest absolute Gasteiger partial charge is 0.107 e. The molecule has 1 atom stereocenters. The van der Waals surface area contributed by atoms with Gasteiger partial charge in [0.25, 0.3) is 0 Å². The van der Waals surface area contributed by atoms with Gasteiger partial charge in [0.05, 0.1) is 6.20 Å². The third-order valence-corrected chi connectivity index (χ3v) is 3.17. The van der Waals surface area contributed by atoms with Crippen molar-refractivity contribution in [3.63, 3.8) is 0 Å². The molecule has 17 heavy (non-hydrogen) atoms. The van der Waals surface area contributed by atoms with Gasteiger partial charge in [0.1, 0.15) is 6.10 Å². The second-order valence-corrected chi connectivity index (χ2v) is 5.09. The van der Waals surface area contributed by atoms with Crippen molar-refractivity contribution in [1.82, 2.24) is 9.78 Å². The van der Waals surface area contributed by atoms with E-state index >= 15 is 0 Å². The lowest BCUT2D eigenvalue weighted by atomic mass is 10.1. The van der Waals surface area contributed by atoms with Crippen molar-refractivity contribution < 1.29 is 5.11 Å². The van der Waals surface area contributed by atoms with E-state index in [1.165, 1.54) is 0 Å². The fourth-order valence-electron chi connectivity index (χ4n) is 1.62. The summed E-state index contributed by atoms with van der Waals surface area (Å²) in [6, 6.07) is 5.38. The lowest BCUT2D eigenvalue weighted by molar-refractivity contribution is 0.220. The molecule has 0 spiro atoms. The molecule has 0 radical (unpaired) electrons. The van der Waals surface area contributed by atoms with Crippen LogP contribution in [0.2, 0.25) is 5.02 Å². The Bertz CT molecular complexity index is 507. The summed E-state index contributed by atoms with van der Waals surface area (Å²) >= 11 is 9.31. The van der Waals surface area contributed by atoms with Crippen LogP contribution in [0, 0.1) is 0 Å². The van der Waals surface area contributed by atoms with Gasteiger partial charge in [0, 0.05) is 27.8 Å².